The van der Waals surface area contributed by atoms with Crippen molar-refractivity contribution in [2.24, 2.45) is 5.73 Å². The van der Waals surface area contributed by atoms with E-state index >= 15 is 0 Å². The SMILES string of the molecule is CCC(C)OC(=O)Oc1ccc(C[C@H](N)C(=O)OC[C@H](C)OC(=O)c2ccccc2)cc1OC(=O)OC(C)CC. The topological polar surface area (TPSA) is 150 Å². The Morgan fingerprint density at radius 1 is 0.750 bits per heavy atom. The summed E-state index contributed by atoms with van der Waals surface area (Å²) < 4.78 is 31.3. The van der Waals surface area contributed by atoms with Crippen LogP contribution in [0.25, 0.3) is 0 Å². The third-order valence-electron chi connectivity index (χ3n) is 5.68. The third kappa shape index (κ3) is 10.9. The largest absolute Gasteiger partial charge is 0.514 e. The highest BCUT2D eigenvalue weighted by Gasteiger charge is 2.22. The van der Waals surface area contributed by atoms with Crippen LogP contribution >= 0.6 is 0 Å². The third-order valence-corrected chi connectivity index (χ3v) is 5.68. The van der Waals surface area contributed by atoms with Crippen LogP contribution in [0.2, 0.25) is 0 Å². The van der Waals surface area contributed by atoms with E-state index in [0.29, 0.717) is 24.0 Å². The maximum atomic E-state index is 12.5. The number of hydrogen-bond donors (Lipinski definition) is 1. The predicted molar refractivity (Wildman–Crippen MR) is 144 cm³/mol. The van der Waals surface area contributed by atoms with Crippen LogP contribution in [-0.2, 0) is 30.2 Å². The van der Waals surface area contributed by atoms with E-state index in [9.17, 15) is 19.2 Å². The van der Waals surface area contributed by atoms with Crippen molar-refractivity contribution >= 4 is 24.2 Å². The summed E-state index contributed by atoms with van der Waals surface area (Å²) in [7, 11) is 0. The first kappa shape index (κ1) is 32.1. The number of hydrogen-bond acceptors (Lipinski definition) is 11. The fraction of sp³-hybridized carbons (Fsp3) is 0.448. The van der Waals surface area contributed by atoms with Crippen molar-refractivity contribution in [3.63, 3.8) is 0 Å². The number of carbonyl (C=O) groups is 4. The molecular formula is C29H37NO10. The molecule has 2 N–H and O–H groups in total. The molecule has 0 fully saturated rings. The molecule has 0 aromatic heterocycles. The molecule has 0 spiro atoms. The number of rotatable bonds is 13. The van der Waals surface area contributed by atoms with Crippen LogP contribution in [-0.4, -0.2) is 55.2 Å². The molecule has 11 nitrogen and oxygen atoms in total. The van der Waals surface area contributed by atoms with Gasteiger partial charge in [-0.2, -0.15) is 0 Å². The Morgan fingerprint density at radius 3 is 1.90 bits per heavy atom. The van der Waals surface area contributed by atoms with Gasteiger partial charge in [0.25, 0.3) is 0 Å². The van der Waals surface area contributed by atoms with Crippen molar-refractivity contribution in [2.45, 2.75) is 78.2 Å². The van der Waals surface area contributed by atoms with E-state index in [0.717, 1.165) is 0 Å². The molecule has 0 aliphatic carbocycles. The van der Waals surface area contributed by atoms with E-state index < -0.39 is 42.5 Å². The second kappa shape index (κ2) is 16.1. The summed E-state index contributed by atoms with van der Waals surface area (Å²) in [5, 5.41) is 0. The highest BCUT2D eigenvalue weighted by Crippen LogP contribution is 2.30. The van der Waals surface area contributed by atoms with Gasteiger partial charge in [-0.1, -0.05) is 38.1 Å². The van der Waals surface area contributed by atoms with Crippen LogP contribution in [0.5, 0.6) is 11.5 Å². The Morgan fingerprint density at radius 2 is 1.32 bits per heavy atom. The zero-order chi connectivity index (χ0) is 29.7. The van der Waals surface area contributed by atoms with Crippen molar-refractivity contribution in [2.75, 3.05) is 6.61 Å². The van der Waals surface area contributed by atoms with Crippen LogP contribution in [0.4, 0.5) is 9.59 Å². The summed E-state index contributed by atoms with van der Waals surface area (Å²) >= 11 is 0. The van der Waals surface area contributed by atoms with E-state index in [-0.39, 0.29) is 30.6 Å². The maximum Gasteiger partial charge on any atom is 0.514 e. The monoisotopic (exact) mass is 559 g/mol. The van der Waals surface area contributed by atoms with Gasteiger partial charge in [0.2, 0.25) is 0 Å². The van der Waals surface area contributed by atoms with Gasteiger partial charge in [-0.05, 0) is 69.9 Å². The average molecular weight is 560 g/mol. The summed E-state index contributed by atoms with van der Waals surface area (Å²) in [5.41, 5.74) is 6.90. The minimum Gasteiger partial charge on any atom is -0.461 e. The molecule has 2 aromatic carbocycles. The molecule has 11 heteroatoms. The van der Waals surface area contributed by atoms with E-state index in [1.165, 1.54) is 12.1 Å². The minimum atomic E-state index is -1.08. The summed E-state index contributed by atoms with van der Waals surface area (Å²) in [6, 6.07) is 11.7. The second-order valence-electron chi connectivity index (χ2n) is 9.18. The summed E-state index contributed by atoms with van der Waals surface area (Å²) in [6.45, 7) is 8.50. The lowest BCUT2D eigenvalue weighted by atomic mass is 10.1. The molecular weight excluding hydrogens is 522 g/mol. The Bertz CT molecular complexity index is 1140. The summed E-state index contributed by atoms with van der Waals surface area (Å²) in [5.74, 6) is -1.46. The highest BCUT2D eigenvalue weighted by molar-refractivity contribution is 5.89. The molecule has 0 radical (unpaired) electrons. The standard InChI is InChI=1S/C29H37NO10/c1-6-18(3)37-28(33)39-24-14-13-21(16-25(24)40-29(34)38-19(4)7-2)15-23(30)27(32)35-17-20(5)36-26(31)22-11-9-8-10-12-22/h8-14,16,18-20,23H,6-7,15,17,30H2,1-5H3/t18?,19?,20-,23-/m0/s1. The van der Waals surface area contributed by atoms with Crippen LogP contribution in [0.1, 0.15) is 63.4 Å². The second-order valence-corrected chi connectivity index (χ2v) is 9.18. The van der Waals surface area contributed by atoms with Gasteiger partial charge in [-0.25, -0.2) is 14.4 Å². The van der Waals surface area contributed by atoms with Gasteiger partial charge in [0.15, 0.2) is 11.5 Å². The van der Waals surface area contributed by atoms with E-state index in [1.54, 1.807) is 57.2 Å². The predicted octanol–water partition coefficient (Wildman–Crippen LogP) is 4.97. The first-order valence-electron chi connectivity index (χ1n) is 13.1. The average Bonchev–Trinajstić information content (AvgIpc) is 2.93. The van der Waals surface area contributed by atoms with Crippen LogP contribution in [0.3, 0.4) is 0 Å². The van der Waals surface area contributed by atoms with Gasteiger partial charge in [0.05, 0.1) is 5.56 Å². The van der Waals surface area contributed by atoms with Crippen molar-refractivity contribution in [1.29, 1.82) is 0 Å². The van der Waals surface area contributed by atoms with E-state index in [2.05, 4.69) is 0 Å². The minimum absolute atomic E-state index is 0.00534. The maximum absolute atomic E-state index is 12.5. The van der Waals surface area contributed by atoms with Crippen LogP contribution in [0.15, 0.2) is 48.5 Å². The number of carbonyl (C=O) groups excluding carboxylic acids is 4. The number of esters is 2. The fourth-order valence-electron chi connectivity index (χ4n) is 3.07. The van der Waals surface area contributed by atoms with Gasteiger partial charge >= 0.3 is 24.2 Å². The molecule has 2 rings (SSSR count). The van der Waals surface area contributed by atoms with Gasteiger partial charge < -0.3 is 34.2 Å². The van der Waals surface area contributed by atoms with Gasteiger partial charge in [0, 0.05) is 0 Å². The number of benzene rings is 2. The first-order chi connectivity index (χ1) is 19.0. The Labute approximate surface area is 233 Å². The molecule has 0 aliphatic rings. The van der Waals surface area contributed by atoms with Crippen molar-refractivity contribution in [3.8, 4) is 11.5 Å². The Balaban J connectivity index is 2.03. The lowest BCUT2D eigenvalue weighted by Gasteiger charge is -2.17. The molecule has 2 aromatic rings. The molecule has 218 valence electrons. The van der Waals surface area contributed by atoms with Crippen molar-refractivity contribution in [1.82, 2.24) is 0 Å². The Hall–Kier alpha value is -4.12. The molecule has 0 bridgehead atoms. The normalized spacial score (nSPS) is 13.7. The number of nitrogens with two attached hydrogens (primary N) is 1. The fourth-order valence-corrected chi connectivity index (χ4v) is 3.07. The van der Waals surface area contributed by atoms with Gasteiger partial charge in [-0.3, -0.25) is 4.79 Å². The zero-order valence-electron chi connectivity index (χ0n) is 23.4. The van der Waals surface area contributed by atoms with E-state index in [4.69, 9.17) is 34.2 Å². The van der Waals surface area contributed by atoms with Crippen LogP contribution < -0.4 is 15.2 Å². The van der Waals surface area contributed by atoms with Crippen LogP contribution in [0, 0.1) is 0 Å². The van der Waals surface area contributed by atoms with Crippen molar-refractivity contribution in [3.05, 3.63) is 59.7 Å². The van der Waals surface area contributed by atoms with Crippen molar-refractivity contribution < 1.29 is 47.6 Å². The quantitative estimate of drug-likeness (QED) is 0.201. The smallest absolute Gasteiger partial charge is 0.461 e. The van der Waals surface area contributed by atoms with E-state index in [1.807, 2.05) is 13.8 Å². The molecule has 0 heterocycles. The van der Waals surface area contributed by atoms with Gasteiger partial charge in [0.1, 0.15) is 31.0 Å². The first-order valence-corrected chi connectivity index (χ1v) is 13.1. The summed E-state index contributed by atoms with van der Waals surface area (Å²) in [4.78, 5) is 49.0. The summed E-state index contributed by atoms with van der Waals surface area (Å²) in [6.07, 6.45) is -2.27. The molecule has 40 heavy (non-hydrogen) atoms. The lowest BCUT2D eigenvalue weighted by molar-refractivity contribution is -0.148. The molecule has 4 atom stereocenters. The zero-order valence-corrected chi connectivity index (χ0v) is 23.4. The molecule has 0 amide bonds. The molecule has 0 saturated heterocycles. The van der Waals surface area contributed by atoms with Gasteiger partial charge in [-0.15, -0.1) is 0 Å². The molecule has 0 saturated carbocycles. The Kier molecular flexibility index (Phi) is 12.9. The molecule has 0 aliphatic heterocycles. The molecule has 2 unspecified atom stereocenters. The highest BCUT2D eigenvalue weighted by atomic mass is 16.7. The number of ether oxygens (including phenoxy) is 6. The lowest BCUT2D eigenvalue weighted by Crippen LogP contribution is -2.36.